The molecule has 2 N–H and O–H groups in total. The number of hydrogen-bond acceptors (Lipinski definition) is 4. The molecule has 1 aromatic heterocycles. The number of aromatic amines is 1. The monoisotopic (exact) mass is 238 g/mol. The normalized spacial score (nSPS) is 17.5. The lowest BCUT2D eigenvalue weighted by Crippen LogP contribution is -2.59. The van der Waals surface area contributed by atoms with Crippen molar-refractivity contribution in [3.05, 3.63) is 18.0 Å². The van der Waals surface area contributed by atoms with Gasteiger partial charge in [0.25, 0.3) is 0 Å². The summed E-state index contributed by atoms with van der Waals surface area (Å²) in [7, 11) is 1.76. The van der Waals surface area contributed by atoms with E-state index in [1.54, 1.807) is 24.3 Å². The van der Waals surface area contributed by atoms with Crippen molar-refractivity contribution in [1.82, 2.24) is 20.4 Å². The molecular formula is C11H18N4O2. The Hall–Kier alpha value is -1.40. The molecule has 0 aromatic carbocycles. The van der Waals surface area contributed by atoms with Crippen molar-refractivity contribution in [2.45, 2.75) is 19.1 Å². The summed E-state index contributed by atoms with van der Waals surface area (Å²) in [6, 6.07) is 0. The maximum atomic E-state index is 11.8. The number of likely N-dealkylation sites (N-methyl/N-ethyl adjacent to an activating group) is 1. The van der Waals surface area contributed by atoms with Crippen LogP contribution in [0.3, 0.4) is 0 Å². The highest BCUT2D eigenvalue weighted by molar-refractivity contribution is 5.77. The first-order valence-electron chi connectivity index (χ1n) is 5.65. The summed E-state index contributed by atoms with van der Waals surface area (Å²) in [5, 5.41) is 9.69. The second-order valence-corrected chi connectivity index (χ2v) is 4.70. The van der Waals surface area contributed by atoms with Gasteiger partial charge in [0, 0.05) is 38.4 Å². The highest BCUT2D eigenvalue weighted by Gasteiger charge is 2.33. The third-order valence-electron chi connectivity index (χ3n) is 2.94. The van der Waals surface area contributed by atoms with Crippen LogP contribution in [0.25, 0.3) is 0 Å². The van der Waals surface area contributed by atoms with Crippen LogP contribution in [-0.2, 0) is 16.1 Å². The number of aromatic nitrogens is 2. The van der Waals surface area contributed by atoms with Gasteiger partial charge >= 0.3 is 0 Å². The number of nitrogens with zero attached hydrogens (tertiary/aromatic N) is 2. The van der Waals surface area contributed by atoms with E-state index in [0.29, 0.717) is 6.54 Å². The fourth-order valence-electron chi connectivity index (χ4n) is 1.65. The summed E-state index contributed by atoms with van der Waals surface area (Å²) in [6.45, 7) is 4.31. The third kappa shape index (κ3) is 3.04. The molecule has 6 nitrogen and oxygen atoms in total. The van der Waals surface area contributed by atoms with Crippen LogP contribution >= 0.6 is 0 Å². The minimum absolute atomic E-state index is 0.0145. The van der Waals surface area contributed by atoms with Crippen LogP contribution in [0.15, 0.2) is 12.4 Å². The summed E-state index contributed by atoms with van der Waals surface area (Å²) in [6.07, 6.45) is 3.49. The molecular weight excluding hydrogens is 220 g/mol. The molecule has 17 heavy (non-hydrogen) atoms. The van der Waals surface area contributed by atoms with E-state index in [9.17, 15) is 4.79 Å². The largest absolute Gasteiger partial charge is 0.363 e. The molecule has 0 saturated carbocycles. The summed E-state index contributed by atoms with van der Waals surface area (Å²) >= 11 is 0. The first kappa shape index (κ1) is 12.1. The molecule has 1 saturated heterocycles. The molecule has 94 valence electrons. The molecule has 0 atom stereocenters. The van der Waals surface area contributed by atoms with Gasteiger partial charge in [-0.1, -0.05) is 0 Å². The quantitative estimate of drug-likeness (QED) is 0.742. The Morgan fingerprint density at radius 2 is 2.41 bits per heavy atom. The minimum Gasteiger partial charge on any atom is -0.363 e. The molecule has 2 heterocycles. The molecule has 1 aliphatic heterocycles. The van der Waals surface area contributed by atoms with Crippen LogP contribution in [-0.4, -0.2) is 53.3 Å². The SMILES string of the molecule is CN(Cc1cn[nH]c1)C(=O)COC1(C)CNC1. The van der Waals surface area contributed by atoms with E-state index < -0.39 is 0 Å². The van der Waals surface area contributed by atoms with E-state index in [1.165, 1.54) is 0 Å². The molecule has 6 heteroatoms. The molecule has 0 unspecified atom stereocenters. The lowest BCUT2D eigenvalue weighted by atomic mass is 10.0. The fourth-order valence-corrected chi connectivity index (χ4v) is 1.65. The number of H-pyrrole nitrogens is 1. The van der Waals surface area contributed by atoms with Crippen molar-refractivity contribution in [3.63, 3.8) is 0 Å². The average molecular weight is 238 g/mol. The third-order valence-corrected chi connectivity index (χ3v) is 2.94. The Bertz CT molecular complexity index is 373. The first-order valence-corrected chi connectivity index (χ1v) is 5.65. The summed E-state index contributed by atoms with van der Waals surface area (Å²) in [4.78, 5) is 13.4. The highest BCUT2D eigenvalue weighted by Crippen LogP contribution is 2.15. The summed E-state index contributed by atoms with van der Waals surface area (Å²) in [5.41, 5.74) is 0.809. The minimum atomic E-state index is -0.174. The van der Waals surface area contributed by atoms with Crippen molar-refractivity contribution in [1.29, 1.82) is 0 Å². The number of carbonyl (C=O) groups excluding carboxylic acids is 1. The molecule has 1 aromatic rings. The van der Waals surface area contributed by atoms with Gasteiger partial charge in [-0.15, -0.1) is 0 Å². The Labute approximate surface area is 100 Å². The van der Waals surface area contributed by atoms with Gasteiger partial charge < -0.3 is 15.0 Å². The molecule has 0 bridgehead atoms. The van der Waals surface area contributed by atoms with Gasteiger partial charge in [-0.3, -0.25) is 9.89 Å². The van der Waals surface area contributed by atoms with Crippen LogP contribution in [0.4, 0.5) is 0 Å². The van der Waals surface area contributed by atoms with Crippen molar-refractivity contribution >= 4 is 5.91 Å². The van der Waals surface area contributed by atoms with Crippen LogP contribution < -0.4 is 5.32 Å². The Balaban J connectivity index is 1.75. The maximum absolute atomic E-state index is 11.8. The zero-order valence-electron chi connectivity index (χ0n) is 10.2. The predicted octanol–water partition coefficient (Wildman–Crippen LogP) is -0.253. The van der Waals surface area contributed by atoms with E-state index in [-0.39, 0.29) is 18.1 Å². The number of amides is 1. The number of ether oxygens (including phenoxy) is 1. The second-order valence-electron chi connectivity index (χ2n) is 4.70. The summed E-state index contributed by atoms with van der Waals surface area (Å²) in [5.74, 6) is -0.0145. The van der Waals surface area contributed by atoms with E-state index >= 15 is 0 Å². The summed E-state index contributed by atoms with van der Waals surface area (Å²) < 4.78 is 5.59. The van der Waals surface area contributed by atoms with E-state index in [1.807, 2.05) is 6.92 Å². The second kappa shape index (κ2) is 4.85. The number of hydrogen-bond donors (Lipinski definition) is 2. The van der Waals surface area contributed by atoms with Gasteiger partial charge in [0.05, 0.1) is 11.8 Å². The van der Waals surface area contributed by atoms with Crippen LogP contribution in [0.5, 0.6) is 0 Å². The number of carbonyl (C=O) groups is 1. The van der Waals surface area contributed by atoms with E-state index in [2.05, 4.69) is 15.5 Å². The lowest BCUT2D eigenvalue weighted by Gasteiger charge is -2.39. The number of rotatable bonds is 5. The standard InChI is InChI=1S/C11H18N4O2/c1-11(7-12-8-11)17-6-10(16)15(2)5-9-3-13-14-4-9/h3-4,12H,5-8H2,1-2H3,(H,13,14). The molecule has 1 amide bonds. The molecule has 1 aliphatic rings. The van der Waals surface area contributed by atoms with Gasteiger partial charge in [0.2, 0.25) is 5.91 Å². The molecule has 0 aliphatic carbocycles. The van der Waals surface area contributed by atoms with Crippen molar-refractivity contribution < 1.29 is 9.53 Å². The average Bonchev–Trinajstić information content (AvgIpc) is 2.75. The molecule has 0 spiro atoms. The zero-order chi connectivity index (χ0) is 12.3. The predicted molar refractivity (Wildman–Crippen MR) is 62.3 cm³/mol. The van der Waals surface area contributed by atoms with Crippen LogP contribution in [0, 0.1) is 0 Å². The first-order chi connectivity index (χ1) is 8.09. The van der Waals surface area contributed by atoms with Crippen LogP contribution in [0.1, 0.15) is 12.5 Å². The van der Waals surface area contributed by atoms with Crippen molar-refractivity contribution in [2.24, 2.45) is 0 Å². The molecule has 2 rings (SSSR count). The Morgan fingerprint density at radius 1 is 1.65 bits per heavy atom. The van der Waals surface area contributed by atoms with E-state index in [4.69, 9.17) is 4.74 Å². The van der Waals surface area contributed by atoms with Gasteiger partial charge in [-0.2, -0.15) is 5.10 Å². The smallest absolute Gasteiger partial charge is 0.248 e. The van der Waals surface area contributed by atoms with Crippen LogP contribution in [0.2, 0.25) is 0 Å². The zero-order valence-corrected chi connectivity index (χ0v) is 10.2. The van der Waals surface area contributed by atoms with Gasteiger partial charge in [-0.05, 0) is 6.92 Å². The molecule has 1 fully saturated rings. The van der Waals surface area contributed by atoms with Gasteiger partial charge in [0.15, 0.2) is 0 Å². The number of nitrogens with one attached hydrogen (secondary N) is 2. The van der Waals surface area contributed by atoms with Gasteiger partial charge in [0.1, 0.15) is 6.61 Å². The van der Waals surface area contributed by atoms with E-state index in [0.717, 1.165) is 18.7 Å². The van der Waals surface area contributed by atoms with Crippen molar-refractivity contribution in [3.8, 4) is 0 Å². The molecule has 0 radical (unpaired) electrons. The topological polar surface area (TPSA) is 70.2 Å². The Morgan fingerprint density at radius 3 is 2.94 bits per heavy atom. The van der Waals surface area contributed by atoms with Crippen molar-refractivity contribution in [2.75, 3.05) is 26.7 Å². The maximum Gasteiger partial charge on any atom is 0.248 e. The Kier molecular flexibility index (Phi) is 3.44. The lowest BCUT2D eigenvalue weighted by molar-refractivity contribution is -0.145. The van der Waals surface area contributed by atoms with Gasteiger partial charge in [-0.25, -0.2) is 0 Å². The fraction of sp³-hybridized carbons (Fsp3) is 0.636. The highest BCUT2D eigenvalue weighted by atomic mass is 16.5.